The Morgan fingerprint density at radius 1 is 1.00 bits per heavy atom. The number of hydrogen-bond donors (Lipinski definition) is 2. The molecule has 0 saturated heterocycles. The Balaban J connectivity index is 1.75. The number of anilines is 1. The van der Waals surface area contributed by atoms with E-state index >= 15 is 0 Å². The van der Waals surface area contributed by atoms with Crippen molar-refractivity contribution in [2.75, 3.05) is 5.32 Å². The van der Waals surface area contributed by atoms with Gasteiger partial charge in [-0.25, -0.2) is 8.78 Å². The van der Waals surface area contributed by atoms with Crippen LogP contribution in [0.5, 0.6) is 0 Å². The van der Waals surface area contributed by atoms with Crippen LogP contribution in [0.25, 0.3) is 0 Å². The first-order valence-corrected chi connectivity index (χ1v) is 9.02. The average Bonchev–Trinajstić information content (AvgIpc) is 3.14. The minimum absolute atomic E-state index is 0.246. The monoisotopic (exact) mass is 372 g/mol. The van der Waals surface area contributed by atoms with E-state index in [4.69, 9.17) is 0 Å². The highest BCUT2D eigenvalue weighted by Crippen LogP contribution is 2.27. The fourth-order valence-electron chi connectivity index (χ4n) is 2.60. The molecule has 0 unspecified atom stereocenters. The van der Waals surface area contributed by atoms with Crippen LogP contribution in [0.3, 0.4) is 0 Å². The maximum Gasteiger partial charge on any atom is 0.241 e. The molecule has 6 heteroatoms. The van der Waals surface area contributed by atoms with Crippen LogP contribution in [-0.2, 0) is 4.79 Å². The second kappa shape index (κ2) is 8.21. The first-order chi connectivity index (χ1) is 12.5. The van der Waals surface area contributed by atoms with Gasteiger partial charge in [-0.3, -0.25) is 10.1 Å². The van der Waals surface area contributed by atoms with Gasteiger partial charge < -0.3 is 5.32 Å². The topological polar surface area (TPSA) is 41.1 Å². The van der Waals surface area contributed by atoms with E-state index in [2.05, 4.69) is 10.6 Å². The van der Waals surface area contributed by atoms with E-state index in [1.54, 1.807) is 36.5 Å². The van der Waals surface area contributed by atoms with E-state index < -0.39 is 11.9 Å². The minimum Gasteiger partial charge on any atom is -0.325 e. The summed E-state index contributed by atoms with van der Waals surface area (Å²) in [6.45, 7) is 1.73. The lowest BCUT2D eigenvalue weighted by molar-refractivity contribution is -0.117. The molecule has 0 aliphatic carbocycles. The highest BCUT2D eigenvalue weighted by molar-refractivity contribution is 7.10. The van der Waals surface area contributed by atoms with Crippen molar-refractivity contribution in [3.05, 3.63) is 88.1 Å². The quantitative estimate of drug-likeness (QED) is 0.657. The number of halogens is 2. The number of benzene rings is 2. The second-order valence-corrected chi connectivity index (χ2v) is 6.87. The number of carbonyl (C=O) groups is 1. The van der Waals surface area contributed by atoms with Crippen molar-refractivity contribution in [3.8, 4) is 0 Å². The standard InChI is InChI=1S/C20H18F2N2OS/c1-13(20(25)24-17-5-2-4-16(22)12-17)23-19(18-6-3-11-26-18)14-7-9-15(21)10-8-14/h2-13,19,23H,1H3,(H,24,25)/t13-,19-/m1/s1. The summed E-state index contributed by atoms with van der Waals surface area (Å²) in [6.07, 6.45) is 0. The maximum absolute atomic E-state index is 13.3. The molecule has 3 rings (SSSR count). The molecule has 3 nitrogen and oxygen atoms in total. The smallest absolute Gasteiger partial charge is 0.241 e. The van der Waals surface area contributed by atoms with Gasteiger partial charge in [0.15, 0.2) is 0 Å². The van der Waals surface area contributed by atoms with Crippen LogP contribution in [0.1, 0.15) is 23.4 Å². The normalized spacial score (nSPS) is 13.2. The van der Waals surface area contributed by atoms with Gasteiger partial charge in [0.05, 0.1) is 12.1 Å². The summed E-state index contributed by atoms with van der Waals surface area (Å²) in [7, 11) is 0. The second-order valence-electron chi connectivity index (χ2n) is 5.89. The Bertz CT molecular complexity index is 866. The van der Waals surface area contributed by atoms with Gasteiger partial charge in [-0.1, -0.05) is 24.3 Å². The molecule has 134 valence electrons. The Hall–Kier alpha value is -2.57. The lowest BCUT2D eigenvalue weighted by Crippen LogP contribution is -2.40. The molecular weight excluding hydrogens is 354 g/mol. The van der Waals surface area contributed by atoms with E-state index in [-0.39, 0.29) is 17.8 Å². The van der Waals surface area contributed by atoms with Crippen molar-refractivity contribution in [1.29, 1.82) is 0 Å². The molecule has 0 spiro atoms. The van der Waals surface area contributed by atoms with Crippen LogP contribution in [0, 0.1) is 11.6 Å². The van der Waals surface area contributed by atoms with E-state index in [0.29, 0.717) is 5.69 Å². The Kier molecular flexibility index (Phi) is 5.75. The molecule has 2 N–H and O–H groups in total. The van der Waals surface area contributed by atoms with Crippen LogP contribution < -0.4 is 10.6 Å². The fraction of sp³-hybridized carbons (Fsp3) is 0.150. The third-order valence-corrected chi connectivity index (χ3v) is 4.87. The van der Waals surface area contributed by atoms with Crippen molar-refractivity contribution in [1.82, 2.24) is 5.32 Å². The number of carbonyl (C=O) groups excluding carboxylic acids is 1. The maximum atomic E-state index is 13.3. The van der Waals surface area contributed by atoms with Crippen molar-refractivity contribution in [2.24, 2.45) is 0 Å². The SMILES string of the molecule is C[C@@H](N[C@H](c1ccc(F)cc1)c1cccs1)C(=O)Nc1cccc(F)c1. The number of nitrogens with one attached hydrogen (secondary N) is 2. The number of rotatable bonds is 6. The van der Waals surface area contributed by atoms with Crippen molar-refractivity contribution in [2.45, 2.75) is 19.0 Å². The van der Waals surface area contributed by atoms with E-state index in [0.717, 1.165) is 10.4 Å². The zero-order valence-electron chi connectivity index (χ0n) is 14.1. The van der Waals surface area contributed by atoms with Gasteiger partial charge in [0.2, 0.25) is 5.91 Å². The molecule has 1 heterocycles. The van der Waals surface area contributed by atoms with Crippen LogP contribution >= 0.6 is 11.3 Å². The Morgan fingerprint density at radius 3 is 2.42 bits per heavy atom. The van der Waals surface area contributed by atoms with E-state index in [1.165, 1.54) is 30.3 Å². The third kappa shape index (κ3) is 4.53. The van der Waals surface area contributed by atoms with Gasteiger partial charge in [0.25, 0.3) is 0 Å². The molecule has 0 aliphatic heterocycles. The van der Waals surface area contributed by atoms with Crippen LogP contribution in [0.2, 0.25) is 0 Å². The van der Waals surface area contributed by atoms with Gasteiger partial charge in [-0.2, -0.15) is 0 Å². The Morgan fingerprint density at radius 2 is 1.77 bits per heavy atom. The largest absolute Gasteiger partial charge is 0.325 e. The molecule has 1 amide bonds. The number of hydrogen-bond acceptors (Lipinski definition) is 3. The summed E-state index contributed by atoms with van der Waals surface area (Å²) >= 11 is 1.55. The molecule has 0 aliphatic rings. The molecule has 3 aromatic rings. The molecule has 2 atom stereocenters. The average molecular weight is 372 g/mol. The van der Waals surface area contributed by atoms with Crippen LogP contribution in [0.15, 0.2) is 66.0 Å². The lowest BCUT2D eigenvalue weighted by Gasteiger charge is -2.22. The number of amides is 1. The van der Waals surface area contributed by atoms with Crippen molar-refractivity contribution in [3.63, 3.8) is 0 Å². The first-order valence-electron chi connectivity index (χ1n) is 8.14. The summed E-state index contributed by atoms with van der Waals surface area (Å²) in [6, 6.07) is 15.0. The Labute approximate surface area is 154 Å². The van der Waals surface area contributed by atoms with E-state index in [9.17, 15) is 13.6 Å². The zero-order valence-corrected chi connectivity index (χ0v) is 14.9. The molecule has 26 heavy (non-hydrogen) atoms. The highest BCUT2D eigenvalue weighted by Gasteiger charge is 2.21. The lowest BCUT2D eigenvalue weighted by atomic mass is 10.0. The summed E-state index contributed by atoms with van der Waals surface area (Å²) in [4.78, 5) is 13.5. The third-order valence-electron chi connectivity index (χ3n) is 3.93. The van der Waals surface area contributed by atoms with Gasteiger partial charge >= 0.3 is 0 Å². The zero-order chi connectivity index (χ0) is 18.5. The summed E-state index contributed by atoms with van der Waals surface area (Å²) < 4.78 is 26.5. The van der Waals surface area contributed by atoms with Crippen molar-refractivity contribution >= 4 is 22.9 Å². The highest BCUT2D eigenvalue weighted by atomic mass is 32.1. The predicted molar refractivity (Wildman–Crippen MR) is 100 cm³/mol. The van der Waals surface area contributed by atoms with Gasteiger partial charge in [-0.15, -0.1) is 11.3 Å². The summed E-state index contributed by atoms with van der Waals surface area (Å²) in [5, 5.41) is 7.92. The number of thiophene rings is 1. The van der Waals surface area contributed by atoms with Gasteiger partial charge in [0, 0.05) is 10.6 Å². The fourth-order valence-corrected chi connectivity index (χ4v) is 3.41. The summed E-state index contributed by atoms with van der Waals surface area (Å²) in [5.41, 5.74) is 1.26. The van der Waals surface area contributed by atoms with E-state index in [1.807, 2.05) is 17.5 Å². The molecule has 0 bridgehead atoms. The molecule has 0 radical (unpaired) electrons. The van der Waals surface area contributed by atoms with Gasteiger partial charge in [-0.05, 0) is 54.3 Å². The molecule has 1 aromatic heterocycles. The van der Waals surface area contributed by atoms with Crippen LogP contribution in [-0.4, -0.2) is 11.9 Å². The van der Waals surface area contributed by atoms with Crippen molar-refractivity contribution < 1.29 is 13.6 Å². The molecule has 2 aromatic carbocycles. The molecule has 0 fully saturated rings. The molecular formula is C20H18F2N2OS. The summed E-state index contributed by atoms with van der Waals surface area (Å²) in [5.74, 6) is -0.999. The first kappa shape index (κ1) is 18.2. The van der Waals surface area contributed by atoms with Gasteiger partial charge in [0.1, 0.15) is 11.6 Å². The molecule has 0 saturated carbocycles. The van der Waals surface area contributed by atoms with Crippen LogP contribution in [0.4, 0.5) is 14.5 Å². The predicted octanol–water partition coefficient (Wildman–Crippen LogP) is 4.73. The minimum atomic E-state index is -0.546.